The Bertz CT molecular complexity index is 193. The third-order valence-electron chi connectivity index (χ3n) is 2.46. The number of ether oxygens (including phenoxy) is 3. The summed E-state index contributed by atoms with van der Waals surface area (Å²) in [5.74, 6) is 0. The van der Waals surface area contributed by atoms with Crippen LogP contribution < -0.4 is 0 Å². The zero-order valence-electron chi connectivity index (χ0n) is 10.9. The second-order valence-corrected chi connectivity index (χ2v) is 6.98. The highest BCUT2D eigenvalue weighted by atomic mass is 35.5. The van der Waals surface area contributed by atoms with Crippen LogP contribution in [0.5, 0.6) is 0 Å². The van der Waals surface area contributed by atoms with Gasteiger partial charge in [0.05, 0.1) is 0 Å². The van der Waals surface area contributed by atoms with Gasteiger partial charge in [0.25, 0.3) is 0 Å². The molecule has 1 heterocycles. The molecule has 108 valence electrons. The molecule has 0 aliphatic carbocycles. The van der Waals surface area contributed by atoms with Crippen LogP contribution in [0.25, 0.3) is 0 Å². The van der Waals surface area contributed by atoms with Crippen molar-refractivity contribution in [2.45, 2.75) is 75.0 Å². The third-order valence-corrected chi connectivity index (χ3v) is 3.00. The van der Waals surface area contributed by atoms with E-state index in [1.165, 1.54) is 0 Å². The standard InChI is InChI=1S/C12H21Cl3O3/c1-7(13)4-10-16-11(5-8(2)14)18-12(17-10)6-9(3)15/h7-12H,4-6H2,1-3H3. The summed E-state index contributed by atoms with van der Waals surface area (Å²) >= 11 is 17.9. The second-order valence-electron chi connectivity index (χ2n) is 4.75. The number of alkyl halides is 3. The molecular weight excluding hydrogens is 298 g/mol. The molecule has 0 aromatic carbocycles. The molecular formula is C12H21Cl3O3. The molecule has 18 heavy (non-hydrogen) atoms. The molecule has 3 nitrogen and oxygen atoms in total. The summed E-state index contributed by atoms with van der Waals surface area (Å²) < 4.78 is 17.0. The lowest BCUT2D eigenvalue weighted by Crippen LogP contribution is -2.42. The minimum atomic E-state index is -0.355. The Morgan fingerprint density at radius 3 is 1.06 bits per heavy atom. The Kier molecular flexibility index (Phi) is 7.59. The Hall–Kier alpha value is 0.750. The van der Waals surface area contributed by atoms with Gasteiger partial charge in [0.2, 0.25) is 0 Å². The number of rotatable bonds is 6. The van der Waals surface area contributed by atoms with Crippen LogP contribution in [-0.2, 0) is 14.2 Å². The van der Waals surface area contributed by atoms with Crippen molar-refractivity contribution in [2.24, 2.45) is 0 Å². The van der Waals surface area contributed by atoms with Crippen LogP contribution in [0, 0.1) is 0 Å². The van der Waals surface area contributed by atoms with Gasteiger partial charge in [-0.2, -0.15) is 0 Å². The summed E-state index contributed by atoms with van der Waals surface area (Å²) in [5, 5.41) is -0.0521. The molecule has 0 radical (unpaired) electrons. The summed E-state index contributed by atoms with van der Waals surface area (Å²) in [6.07, 6.45) is 0.785. The lowest BCUT2D eigenvalue weighted by molar-refractivity contribution is -0.385. The molecule has 0 aromatic rings. The van der Waals surface area contributed by atoms with E-state index in [-0.39, 0.29) is 35.0 Å². The van der Waals surface area contributed by atoms with Crippen LogP contribution in [0.15, 0.2) is 0 Å². The molecule has 6 heteroatoms. The average Bonchev–Trinajstić information content (AvgIpc) is 2.12. The number of hydrogen-bond donors (Lipinski definition) is 0. The molecule has 0 aromatic heterocycles. The van der Waals surface area contributed by atoms with Gasteiger partial charge in [0.15, 0.2) is 18.9 Å². The van der Waals surface area contributed by atoms with Gasteiger partial charge in [0.1, 0.15) is 0 Å². The normalized spacial score (nSPS) is 34.0. The van der Waals surface area contributed by atoms with Crippen LogP contribution in [0.3, 0.4) is 0 Å². The lowest BCUT2D eigenvalue weighted by Gasteiger charge is -2.37. The molecule has 0 bridgehead atoms. The van der Waals surface area contributed by atoms with Crippen molar-refractivity contribution in [1.82, 2.24) is 0 Å². The fraction of sp³-hybridized carbons (Fsp3) is 1.00. The molecule has 1 saturated heterocycles. The van der Waals surface area contributed by atoms with Crippen LogP contribution in [0.2, 0.25) is 0 Å². The molecule has 0 N–H and O–H groups in total. The maximum atomic E-state index is 5.97. The highest BCUT2D eigenvalue weighted by Crippen LogP contribution is 2.26. The minimum absolute atomic E-state index is 0.0174. The first-order valence-electron chi connectivity index (χ1n) is 6.25. The van der Waals surface area contributed by atoms with Crippen molar-refractivity contribution in [3.63, 3.8) is 0 Å². The first kappa shape index (κ1) is 16.8. The van der Waals surface area contributed by atoms with Gasteiger partial charge >= 0.3 is 0 Å². The van der Waals surface area contributed by atoms with Crippen molar-refractivity contribution in [3.05, 3.63) is 0 Å². The second kappa shape index (κ2) is 8.13. The molecule has 3 unspecified atom stereocenters. The fourth-order valence-electron chi connectivity index (χ4n) is 1.73. The monoisotopic (exact) mass is 318 g/mol. The van der Waals surface area contributed by atoms with Crippen molar-refractivity contribution in [3.8, 4) is 0 Å². The molecule has 1 rings (SSSR count). The fourth-order valence-corrected chi connectivity index (χ4v) is 2.17. The summed E-state index contributed by atoms with van der Waals surface area (Å²) in [4.78, 5) is 0. The van der Waals surface area contributed by atoms with E-state index in [1.807, 2.05) is 20.8 Å². The summed E-state index contributed by atoms with van der Waals surface area (Å²) in [6, 6.07) is 0. The molecule has 0 spiro atoms. The maximum absolute atomic E-state index is 5.97. The SMILES string of the molecule is CC(Cl)CC1OC(CC(C)Cl)OC(CC(C)Cl)O1. The summed E-state index contributed by atoms with van der Waals surface area (Å²) in [5.41, 5.74) is 0. The van der Waals surface area contributed by atoms with Crippen LogP contribution in [0.4, 0.5) is 0 Å². The quantitative estimate of drug-likeness (QED) is 0.690. The Balaban J connectivity index is 2.54. The predicted molar refractivity (Wildman–Crippen MR) is 74.4 cm³/mol. The highest BCUT2D eigenvalue weighted by molar-refractivity contribution is 6.20. The van der Waals surface area contributed by atoms with Crippen molar-refractivity contribution < 1.29 is 14.2 Å². The van der Waals surface area contributed by atoms with Crippen molar-refractivity contribution >= 4 is 34.8 Å². The Labute approximate surface area is 124 Å². The average molecular weight is 320 g/mol. The van der Waals surface area contributed by atoms with Crippen LogP contribution in [-0.4, -0.2) is 35.0 Å². The van der Waals surface area contributed by atoms with Gasteiger partial charge in [-0.1, -0.05) is 0 Å². The molecule has 1 aliphatic heterocycles. The van der Waals surface area contributed by atoms with Gasteiger partial charge in [-0.15, -0.1) is 34.8 Å². The Morgan fingerprint density at radius 2 is 0.889 bits per heavy atom. The molecule has 1 fully saturated rings. The first-order valence-corrected chi connectivity index (χ1v) is 7.56. The third kappa shape index (κ3) is 6.78. The van der Waals surface area contributed by atoms with Crippen molar-refractivity contribution in [1.29, 1.82) is 0 Å². The van der Waals surface area contributed by atoms with E-state index in [1.54, 1.807) is 0 Å². The predicted octanol–water partition coefficient (Wildman–Crippen LogP) is 4.08. The number of halogens is 3. The van der Waals surface area contributed by atoms with Crippen molar-refractivity contribution in [2.75, 3.05) is 0 Å². The van der Waals surface area contributed by atoms with E-state index in [4.69, 9.17) is 49.0 Å². The first-order chi connectivity index (χ1) is 8.36. The smallest absolute Gasteiger partial charge is 0.165 e. The Morgan fingerprint density at radius 1 is 0.667 bits per heavy atom. The van der Waals surface area contributed by atoms with E-state index in [2.05, 4.69) is 0 Å². The summed E-state index contributed by atoms with van der Waals surface area (Å²) in [7, 11) is 0. The minimum Gasteiger partial charge on any atom is -0.324 e. The lowest BCUT2D eigenvalue weighted by atomic mass is 10.2. The van der Waals surface area contributed by atoms with E-state index < -0.39 is 0 Å². The molecule has 3 atom stereocenters. The van der Waals surface area contributed by atoms with Gasteiger partial charge in [0, 0.05) is 35.4 Å². The van der Waals surface area contributed by atoms with Gasteiger partial charge in [-0.3, -0.25) is 0 Å². The van der Waals surface area contributed by atoms with Gasteiger partial charge in [-0.25, -0.2) is 0 Å². The van der Waals surface area contributed by atoms with E-state index in [9.17, 15) is 0 Å². The summed E-state index contributed by atoms with van der Waals surface area (Å²) in [6.45, 7) is 5.71. The maximum Gasteiger partial charge on any atom is 0.165 e. The van der Waals surface area contributed by atoms with E-state index in [0.29, 0.717) is 19.3 Å². The molecule has 0 amide bonds. The van der Waals surface area contributed by atoms with Gasteiger partial charge in [-0.05, 0) is 20.8 Å². The number of hydrogen-bond acceptors (Lipinski definition) is 3. The molecule has 0 saturated carbocycles. The van der Waals surface area contributed by atoms with Gasteiger partial charge < -0.3 is 14.2 Å². The topological polar surface area (TPSA) is 27.7 Å². The van der Waals surface area contributed by atoms with Crippen LogP contribution in [0.1, 0.15) is 40.0 Å². The van der Waals surface area contributed by atoms with Crippen LogP contribution >= 0.6 is 34.8 Å². The zero-order chi connectivity index (χ0) is 13.7. The highest BCUT2D eigenvalue weighted by Gasteiger charge is 2.32. The van der Waals surface area contributed by atoms with E-state index in [0.717, 1.165) is 0 Å². The van der Waals surface area contributed by atoms with E-state index >= 15 is 0 Å². The molecule has 1 aliphatic rings. The zero-order valence-corrected chi connectivity index (χ0v) is 13.2. The largest absolute Gasteiger partial charge is 0.324 e.